The molecule has 3 aromatic rings. The van der Waals surface area contributed by atoms with Gasteiger partial charge in [0.15, 0.2) is 11.5 Å². The first-order valence-corrected chi connectivity index (χ1v) is 9.74. The van der Waals surface area contributed by atoms with Crippen molar-refractivity contribution >= 4 is 24.0 Å². The van der Waals surface area contributed by atoms with Crippen LogP contribution in [0.5, 0.6) is 0 Å². The van der Waals surface area contributed by atoms with Gasteiger partial charge in [-0.2, -0.15) is 5.10 Å². The third-order valence-corrected chi connectivity index (χ3v) is 4.55. The van der Waals surface area contributed by atoms with Gasteiger partial charge in [0.25, 0.3) is 11.8 Å². The van der Waals surface area contributed by atoms with Gasteiger partial charge in [0, 0.05) is 25.2 Å². The maximum Gasteiger partial charge on any atom is 0.274 e. The molecule has 0 atom stereocenters. The van der Waals surface area contributed by atoms with E-state index in [1.54, 1.807) is 59.2 Å². The summed E-state index contributed by atoms with van der Waals surface area (Å²) >= 11 is 0. The van der Waals surface area contributed by atoms with Crippen molar-refractivity contribution in [2.24, 2.45) is 7.05 Å². The van der Waals surface area contributed by atoms with Crippen molar-refractivity contribution < 1.29 is 9.59 Å². The zero-order valence-electron chi connectivity index (χ0n) is 16.7. The maximum atomic E-state index is 12.6. The zero-order chi connectivity index (χ0) is 21.1. The van der Waals surface area contributed by atoms with Crippen LogP contribution in [0.4, 0.5) is 0 Å². The van der Waals surface area contributed by atoms with Crippen LogP contribution < -0.4 is 10.6 Å². The van der Waals surface area contributed by atoms with Gasteiger partial charge in [-0.05, 0) is 56.2 Å². The molecule has 1 aromatic carbocycles. The average Bonchev–Trinajstić information content (AvgIpc) is 3.29. The van der Waals surface area contributed by atoms with Crippen LogP contribution in [-0.4, -0.2) is 54.2 Å². The van der Waals surface area contributed by atoms with Crippen molar-refractivity contribution in [2.75, 3.05) is 6.54 Å². The molecule has 1 saturated carbocycles. The van der Waals surface area contributed by atoms with Crippen molar-refractivity contribution in [3.8, 4) is 5.69 Å². The summed E-state index contributed by atoms with van der Waals surface area (Å²) < 4.78 is 3.15. The van der Waals surface area contributed by atoms with E-state index in [0.717, 1.165) is 12.8 Å². The summed E-state index contributed by atoms with van der Waals surface area (Å²) in [6.45, 7) is 2.42. The fraction of sp³-hybridized carbons (Fsp3) is 0.300. The van der Waals surface area contributed by atoms with Crippen molar-refractivity contribution in [2.45, 2.75) is 25.8 Å². The van der Waals surface area contributed by atoms with Gasteiger partial charge < -0.3 is 10.6 Å². The molecule has 30 heavy (non-hydrogen) atoms. The number of nitrogens with zero attached hydrogens (tertiary/aromatic N) is 6. The summed E-state index contributed by atoms with van der Waals surface area (Å²) in [5.74, 6) is 0.0928. The molecule has 4 rings (SSSR count). The van der Waals surface area contributed by atoms with E-state index >= 15 is 0 Å². The molecular weight excluding hydrogens is 384 g/mol. The second-order valence-corrected chi connectivity index (χ2v) is 7.00. The molecule has 2 aromatic heterocycles. The van der Waals surface area contributed by atoms with Gasteiger partial charge in [-0.15, -0.1) is 5.10 Å². The normalized spacial score (nSPS) is 13.5. The lowest BCUT2D eigenvalue weighted by molar-refractivity contribution is 0.0941. The van der Waals surface area contributed by atoms with E-state index < -0.39 is 0 Å². The predicted molar refractivity (Wildman–Crippen MR) is 110 cm³/mol. The van der Waals surface area contributed by atoms with E-state index in [2.05, 4.69) is 31.0 Å². The number of aromatic nitrogens is 6. The van der Waals surface area contributed by atoms with Crippen LogP contribution in [0.1, 0.15) is 52.1 Å². The first-order chi connectivity index (χ1) is 14.5. The molecule has 0 unspecified atom stereocenters. The van der Waals surface area contributed by atoms with E-state index in [-0.39, 0.29) is 23.6 Å². The number of nitrogens with one attached hydrogen (secondary N) is 2. The van der Waals surface area contributed by atoms with Crippen molar-refractivity contribution in [3.63, 3.8) is 0 Å². The average molecular weight is 406 g/mol. The molecule has 2 N–H and O–H groups in total. The lowest BCUT2D eigenvalue weighted by Gasteiger charge is -2.07. The van der Waals surface area contributed by atoms with Crippen LogP contribution in [0.2, 0.25) is 0 Å². The van der Waals surface area contributed by atoms with Crippen LogP contribution in [0, 0.1) is 0 Å². The molecule has 1 aliphatic rings. The lowest BCUT2D eigenvalue weighted by Crippen LogP contribution is -2.26. The summed E-state index contributed by atoms with van der Waals surface area (Å²) in [5.41, 5.74) is 1.95. The van der Waals surface area contributed by atoms with Crippen molar-refractivity contribution in [3.05, 3.63) is 53.4 Å². The summed E-state index contributed by atoms with van der Waals surface area (Å²) in [6.07, 6.45) is 6.96. The monoisotopic (exact) mass is 406 g/mol. The van der Waals surface area contributed by atoms with Crippen LogP contribution in [-0.2, 0) is 7.05 Å². The van der Waals surface area contributed by atoms with Gasteiger partial charge in [-0.3, -0.25) is 14.3 Å². The molecule has 154 valence electrons. The summed E-state index contributed by atoms with van der Waals surface area (Å²) in [7, 11) is 1.78. The number of carbonyl (C=O) groups excluding carboxylic acids is 2. The largest absolute Gasteiger partial charge is 0.352 e. The Balaban J connectivity index is 1.67. The fourth-order valence-electron chi connectivity index (χ4n) is 2.88. The minimum Gasteiger partial charge on any atom is -0.352 e. The van der Waals surface area contributed by atoms with E-state index in [1.807, 2.05) is 6.92 Å². The molecular formula is C20H22N8O2. The summed E-state index contributed by atoms with van der Waals surface area (Å²) in [5, 5.41) is 18.2. The third-order valence-electron chi connectivity index (χ3n) is 4.55. The Kier molecular flexibility index (Phi) is 5.38. The minimum atomic E-state index is -0.267. The lowest BCUT2D eigenvalue weighted by atomic mass is 10.2. The molecule has 2 heterocycles. The molecule has 0 aliphatic heterocycles. The predicted octanol–water partition coefficient (Wildman–Crippen LogP) is 1.21. The zero-order valence-corrected chi connectivity index (χ0v) is 16.7. The van der Waals surface area contributed by atoms with E-state index in [0.29, 0.717) is 29.3 Å². The van der Waals surface area contributed by atoms with Crippen molar-refractivity contribution in [1.82, 2.24) is 40.4 Å². The standard InChI is InChI=1S/C20H22N8O2/c1-3-21-19(29)13-4-8-15(9-5-13)28-16(10-11-17-22-12-27(2)25-17)18(24-26-28)20(30)23-14-6-7-14/h4-5,8-12,14H,3,6-7H2,1-2H3,(H,21,29)(H,23,30)/b11-10+. The molecule has 10 nitrogen and oxygen atoms in total. The fourth-order valence-corrected chi connectivity index (χ4v) is 2.88. The van der Waals surface area contributed by atoms with Crippen LogP contribution >= 0.6 is 0 Å². The second-order valence-electron chi connectivity index (χ2n) is 7.00. The van der Waals surface area contributed by atoms with Crippen molar-refractivity contribution in [1.29, 1.82) is 0 Å². The number of hydrogen-bond donors (Lipinski definition) is 2. The Labute approximate surface area is 173 Å². The van der Waals surface area contributed by atoms with Crippen LogP contribution in [0.15, 0.2) is 30.6 Å². The molecule has 0 radical (unpaired) electrons. The molecule has 10 heteroatoms. The SMILES string of the molecule is CCNC(=O)c1ccc(-n2nnc(C(=O)NC3CC3)c2/C=C/c2ncn(C)n2)cc1. The van der Waals surface area contributed by atoms with Gasteiger partial charge >= 0.3 is 0 Å². The molecule has 0 bridgehead atoms. The summed E-state index contributed by atoms with van der Waals surface area (Å²) in [4.78, 5) is 28.8. The Hall–Kier alpha value is -3.82. The highest BCUT2D eigenvalue weighted by molar-refractivity contribution is 5.96. The quantitative estimate of drug-likeness (QED) is 0.609. The Morgan fingerprint density at radius 2 is 1.93 bits per heavy atom. The number of carbonyl (C=O) groups is 2. The van der Waals surface area contributed by atoms with Gasteiger partial charge in [-0.25, -0.2) is 9.67 Å². The first kappa shape index (κ1) is 19.5. The van der Waals surface area contributed by atoms with Gasteiger partial charge in [0.1, 0.15) is 12.0 Å². The van der Waals surface area contributed by atoms with E-state index in [9.17, 15) is 9.59 Å². The van der Waals surface area contributed by atoms with Crippen LogP contribution in [0.3, 0.4) is 0 Å². The third kappa shape index (κ3) is 4.27. The number of hydrogen-bond acceptors (Lipinski definition) is 6. The van der Waals surface area contributed by atoms with E-state index in [1.165, 1.54) is 0 Å². The van der Waals surface area contributed by atoms with E-state index in [4.69, 9.17) is 0 Å². The molecule has 0 spiro atoms. The number of amides is 2. The van der Waals surface area contributed by atoms with Gasteiger partial charge in [0.2, 0.25) is 0 Å². The smallest absolute Gasteiger partial charge is 0.274 e. The minimum absolute atomic E-state index is 0.145. The molecule has 1 fully saturated rings. The van der Waals surface area contributed by atoms with Gasteiger partial charge in [0.05, 0.1) is 5.69 Å². The highest BCUT2D eigenvalue weighted by Gasteiger charge is 2.27. The maximum absolute atomic E-state index is 12.6. The Morgan fingerprint density at radius 3 is 2.57 bits per heavy atom. The number of rotatable bonds is 7. The Bertz CT molecular complexity index is 1090. The number of benzene rings is 1. The highest BCUT2D eigenvalue weighted by atomic mass is 16.2. The Morgan fingerprint density at radius 1 is 1.17 bits per heavy atom. The second kappa shape index (κ2) is 8.27. The number of aryl methyl sites for hydroxylation is 1. The molecule has 0 saturated heterocycles. The molecule has 1 aliphatic carbocycles. The molecule has 2 amide bonds. The van der Waals surface area contributed by atoms with Gasteiger partial charge in [-0.1, -0.05) is 5.21 Å². The van der Waals surface area contributed by atoms with Crippen LogP contribution in [0.25, 0.3) is 17.8 Å². The highest BCUT2D eigenvalue weighted by Crippen LogP contribution is 2.21. The topological polar surface area (TPSA) is 120 Å². The summed E-state index contributed by atoms with van der Waals surface area (Å²) in [6, 6.07) is 7.14. The first-order valence-electron chi connectivity index (χ1n) is 9.74.